The molecule has 0 saturated carbocycles. The molecule has 1 aromatic heterocycles. The van der Waals surface area contributed by atoms with Gasteiger partial charge in [0.2, 0.25) is 5.95 Å². The van der Waals surface area contributed by atoms with Crippen LogP contribution in [0.25, 0.3) is 11.3 Å². The molecule has 1 aliphatic heterocycles. The number of carbonyl (C=O) groups is 1. The predicted octanol–water partition coefficient (Wildman–Crippen LogP) is 5.95. The molecule has 0 bridgehead atoms. The summed E-state index contributed by atoms with van der Waals surface area (Å²) in [6.07, 6.45) is 1.04. The number of ether oxygens (including phenoxy) is 3. The second-order valence-corrected chi connectivity index (χ2v) is 10.6. The van der Waals surface area contributed by atoms with Gasteiger partial charge in [0.15, 0.2) is 11.6 Å². The lowest BCUT2D eigenvalue weighted by molar-refractivity contribution is 0.0579. The molecule has 4 rings (SSSR count). The van der Waals surface area contributed by atoms with Crippen LogP contribution in [0.4, 0.5) is 26.5 Å². The van der Waals surface area contributed by atoms with E-state index in [1.807, 2.05) is 19.9 Å². The largest absolute Gasteiger partial charge is 0.497 e. The number of methoxy groups -OCH3 is 2. The van der Waals surface area contributed by atoms with Crippen molar-refractivity contribution in [2.45, 2.75) is 45.6 Å². The number of aromatic nitrogens is 2. The Morgan fingerprint density at radius 3 is 2.55 bits per heavy atom. The zero-order chi connectivity index (χ0) is 27.8. The van der Waals surface area contributed by atoms with Gasteiger partial charge in [-0.3, -0.25) is 4.90 Å². The molecule has 0 fully saturated rings. The Morgan fingerprint density at radius 1 is 1.18 bits per heavy atom. The molecule has 0 aliphatic carbocycles. The van der Waals surface area contributed by atoms with Crippen LogP contribution in [0.5, 0.6) is 11.5 Å². The molecule has 3 aromatic rings. The minimum Gasteiger partial charge on any atom is -0.497 e. The van der Waals surface area contributed by atoms with E-state index in [9.17, 15) is 14.4 Å². The van der Waals surface area contributed by atoms with Crippen molar-refractivity contribution in [1.29, 1.82) is 5.26 Å². The van der Waals surface area contributed by atoms with E-state index in [0.717, 1.165) is 5.56 Å². The summed E-state index contributed by atoms with van der Waals surface area (Å²) < 4.78 is 30.8. The van der Waals surface area contributed by atoms with E-state index >= 15 is 0 Å². The number of nitrogens with zero attached hydrogens (tertiary/aromatic N) is 4. The summed E-state index contributed by atoms with van der Waals surface area (Å²) in [6.45, 7) is 9.78. The molecule has 0 radical (unpaired) electrons. The summed E-state index contributed by atoms with van der Waals surface area (Å²) in [7, 11) is 2.84. The van der Waals surface area contributed by atoms with E-state index < -0.39 is 22.9 Å². The predicted molar refractivity (Wildman–Crippen MR) is 142 cm³/mol. The summed E-state index contributed by atoms with van der Waals surface area (Å²) in [6, 6.07) is 10.4. The second-order valence-electron chi connectivity index (χ2n) is 10.6. The number of halogens is 1. The lowest BCUT2D eigenvalue weighted by Gasteiger charge is -2.26. The van der Waals surface area contributed by atoms with Crippen LogP contribution in [-0.4, -0.2) is 42.4 Å². The van der Waals surface area contributed by atoms with Gasteiger partial charge in [-0.2, -0.15) is 5.26 Å². The zero-order valence-corrected chi connectivity index (χ0v) is 22.5. The highest BCUT2D eigenvalue weighted by atomic mass is 19.1. The smallest absolute Gasteiger partial charge is 0.414 e. The number of rotatable bonds is 5. The number of carbonyl (C=O) groups excluding carboxylic acids is 1. The van der Waals surface area contributed by atoms with Gasteiger partial charge in [0, 0.05) is 35.9 Å². The first kappa shape index (κ1) is 26.7. The maximum absolute atomic E-state index is 14.9. The van der Waals surface area contributed by atoms with Crippen molar-refractivity contribution in [2.75, 3.05) is 31.0 Å². The first-order valence-corrected chi connectivity index (χ1v) is 12.0. The molecule has 9 nitrogen and oxygen atoms in total. The molecule has 0 saturated heterocycles. The number of fused-ring (bicyclic) bond motifs is 1. The van der Waals surface area contributed by atoms with Gasteiger partial charge >= 0.3 is 6.09 Å². The Bertz CT molecular complexity index is 1440. The van der Waals surface area contributed by atoms with Crippen molar-refractivity contribution in [3.63, 3.8) is 0 Å². The average Bonchev–Trinajstić information content (AvgIpc) is 3.14. The summed E-state index contributed by atoms with van der Waals surface area (Å²) in [5.74, 6) is -0.0611. The Morgan fingerprint density at radius 2 is 1.92 bits per heavy atom. The van der Waals surface area contributed by atoms with Crippen molar-refractivity contribution >= 4 is 23.4 Å². The number of hydrogen-bond acceptors (Lipinski definition) is 8. The van der Waals surface area contributed by atoms with E-state index in [-0.39, 0.29) is 17.4 Å². The maximum Gasteiger partial charge on any atom is 0.414 e. The lowest BCUT2D eigenvalue weighted by Crippen LogP contribution is -2.38. The van der Waals surface area contributed by atoms with Gasteiger partial charge < -0.3 is 19.5 Å². The van der Waals surface area contributed by atoms with Crippen LogP contribution < -0.4 is 19.7 Å². The molecule has 0 atom stereocenters. The molecule has 38 heavy (non-hydrogen) atoms. The van der Waals surface area contributed by atoms with Crippen LogP contribution in [0.3, 0.4) is 0 Å². The molecule has 2 heterocycles. The van der Waals surface area contributed by atoms with Crippen LogP contribution >= 0.6 is 0 Å². The molecule has 0 spiro atoms. The van der Waals surface area contributed by atoms with Crippen molar-refractivity contribution in [2.24, 2.45) is 0 Å². The van der Waals surface area contributed by atoms with Crippen LogP contribution in [0.2, 0.25) is 0 Å². The number of nitrogens with one attached hydrogen (secondary N) is 1. The van der Waals surface area contributed by atoms with Crippen LogP contribution in [0.15, 0.2) is 36.5 Å². The van der Waals surface area contributed by atoms with Gasteiger partial charge in [-0.15, -0.1) is 0 Å². The molecular weight excluding hydrogens is 489 g/mol. The minimum atomic E-state index is -0.673. The Balaban J connectivity index is 1.74. The number of anilines is 3. The molecule has 10 heteroatoms. The third-order valence-electron chi connectivity index (χ3n) is 6.06. The van der Waals surface area contributed by atoms with Crippen molar-refractivity contribution in [3.05, 3.63) is 53.5 Å². The quantitative estimate of drug-likeness (QED) is 0.441. The topological polar surface area (TPSA) is 110 Å². The van der Waals surface area contributed by atoms with Gasteiger partial charge in [0.05, 0.1) is 36.9 Å². The van der Waals surface area contributed by atoms with E-state index in [0.29, 0.717) is 34.8 Å². The first-order valence-electron chi connectivity index (χ1n) is 12.0. The van der Waals surface area contributed by atoms with Gasteiger partial charge in [0.1, 0.15) is 17.4 Å². The Labute approximate surface area is 221 Å². The fourth-order valence-electron chi connectivity index (χ4n) is 4.34. The van der Waals surface area contributed by atoms with Crippen LogP contribution in [0, 0.1) is 17.1 Å². The standard InChI is InChI=1S/C28H30FN5O4/c1-27(2,3)38-26(35)34-15-28(4,5)19-11-16(10-17(14-30)24(19)34)20-8-9-31-25(32-20)33-21-12-18(36-6)13-22(37-7)23(21)29/h8-13H,15H2,1-7H3,(H,31,32,33). The van der Waals surface area contributed by atoms with E-state index in [1.54, 1.807) is 32.9 Å². The van der Waals surface area contributed by atoms with Gasteiger partial charge in [-0.05, 0) is 44.5 Å². The van der Waals surface area contributed by atoms with Gasteiger partial charge in [-0.1, -0.05) is 13.8 Å². The highest BCUT2D eigenvalue weighted by Gasteiger charge is 2.42. The molecule has 198 valence electrons. The molecule has 0 unspecified atom stereocenters. The molecular formula is C28H30FN5O4. The fourth-order valence-corrected chi connectivity index (χ4v) is 4.34. The van der Waals surface area contributed by atoms with Gasteiger partial charge in [0.25, 0.3) is 0 Å². The van der Waals surface area contributed by atoms with Crippen LogP contribution in [0.1, 0.15) is 45.7 Å². The summed E-state index contributed by atoms with van der Waals surface area (Å²) in [5, 5.41) is 12.9. The molecule has 1 N–H and O–H groups in total. The number of nitriles is 1. The Kier molecular flexibility index (Phi) is 6.89. The van der Waals surface area contributed by atoms with Crippen molar-refractivity contribution in [3.8, 4) is 28.8 Å². The molecule has 2 aromatic carbocycles. The molecule has 1 aliphatic rings. The van der Waals surface area contributed by atoms with Crippen molar-refractivity contribution < 1.29 is 23.4 Å². The van der Waals surface area contributed by atoms with Crippen LogP contribution in [-0.2, 0) is 10.2 Å². The number of benzene rings is 2. The normalized spacial score (nSPS) is 13.9. The summed E-state index contributed by atoms with van der Waals surface area (Å²) in [5.41, 5.74) is 1.83. The number of hydrogen-bond donors (Lipinski definition) is 1. The number of amides is 1. The lowest BCUT2D eigenvalue weighted by atomic mass is 9.85. The monoisotopic (exact) mass is 519 g/mol. The molecule has 1 amide bonds. The van der Waals surface area contributed by atoms with E-state index in [2.05, 4.69) is 21.4 Å². The third kappa shape index (κ3) is 5.18. The highest BCUT2D eigenvalue weighted by Crippen LogP contribution is 2.45. The maximum atomic E-state index is 14.9. The zero-order valence-electron chi connectivity index (χ0n) is 22.5. The van der Waals surface area contributed by atoms with E-state index in [4.69, 9.17) is 14.2 Å². The Hall–Kier alpha value is -4.39. The summed E-state index contributed by atoms with van der Waals surface area (Å²) in [4.78, 5) is 23.3. The highest BCUT2D eigenvalue weighted by molar-refractivity contribution is 5.94. The van der Waals surface area contributed by atoms with E-state index in [1.165, 1.54) is 37.4 Å². The van der Waals surface area contributed by atoms with Gasteiger partial charge in [-0.25, -0.2) is 19.2 Å². The summed E-state index contributed by atoms with van der Waals surface area (Å²) >= 11 is 0. The SMILES string of the molecule is COc1cc(Nc2nccc(-c3cc(C#N)c4c(c3)C(C)(C)CN4C(=O)OC(C)(C)C)n2)c(F)c(OC)c1. The van der Waals surface area contributed by atoms with Crippen molar-refractivity contribution in [1.82, 2.24) is 9.97 Å². The minimum absolute atomic E-state index is 0.0112. The average molecular weight is 520 g/mol. The fraction of sp³-hybridized carbons (Fsp3) is 0.357. The second kappa shape index (κ2) is 9.82. The first-order chi connectivity index (χ1) is 17.9. The third-order valence-corrected chi connectivity index (χ3v) is 6.06.